The first-order valence-electron chi connectivity index (χ1n) is 6.15. The smallest absolute Gasteiger partial charge is 0.236 e. The third-order valence-electron chi connectivity index (χ3n) is 3.22. The average molecular weight is 237 g/mol. The van der Waals surface area contributed by atoms with Gasteiger partial charge in [0, 0.05) is 6.54 Å². The quantitative estimate of drug-likeness (QED) is 0.698. The zero-order chi connectivity index (χ0) is 11.4. The molecule has 88 valence electrons. The number of nitrogens with zero attached hydrogens (tertiary/aromatic N) is 1. The summed E-state index contributed by atoms with van der Waals surface area (Å²) in [5.74, 6) is 4.76. The van der Waals surface area contributed by atoms with Gasteiger partial charge in [-0.25, -0.2) is 0 Å². The second kappa shape index (κ2) is 5.63. The lowest BCUT2D eigenvalue weighted by Gasteiger charge is -2.27. The fourth-order valence-electron chi connectivity index (χ4n) is 2.09. The molecule has 0 N–H and O–H groups in total. The van der Waals surface area contributed by atoms with Crippen LogP contribution in [0.2, 0.25) is 0 Å². The highest BCUT2D eigenvalue weighted by Crippen LogP contribution is 2.31. The molecule has 1 aliphatic heterocycles. The highest BCUT2D eigenvalue weighted by atomic mass is 32.2. The lowest BCUT2D eigenvalue weighted by molar-refractivity contribution is -0.130. The molecule has 0 bridgehead atoms. The van der Waals surface area contributed by atoms with E-state index in [1.165, 1.54) is 25.7 Å². The van der Waals surface area contributed by atoms with Gasteiger partial charge in [-0.2, -0.15) is 0 Å². The summed E-state index contributed by atoms with van der Waals surface area (Å²) in [6.45, 7) is 1.38. The van der Waals surface area contributed by atoms with Crippen molar-refractivity contribution in [3.63, 3.8) is 0 Å². The maximum absolute atomic E-state index is 12.3. The molecule has 0 aromatic carbocycles. The van der Waals surface area contributed by atoms with Gasteiger partial charge in [-0.1, -0.05) is 12.3 Å². The molecule has 1 aliphatic carbocycles. The summed E-state index contributed by atoms with van der Waals surface area (Å²) in [5, 5.41) is 0.181. The van der Waals surface area contributed by atoms with Crippen molar-refractivity contribution in [1.29, 1.82) is 0 Å². The Morgan fingerprint density at radius 3 is 2.75 bits per heavy atom. The van der Waals surface area contributed by atoms with E-state index in [9.17, 15) is 4.79 Å². The van der Waals surface area contributed by atoms with Gasteiger partial charge in [0.05, 0.1) is 11.8 Å². The zero-order valence-corrected chi connectivity index (χ0v) is 10.5. The van der Waals surface area contributed by atoms with E-state index >= 15 is 0 Å². The van der Waals surface area contributed by atoms with Crippen molar-refractivity contribution in [1.82, 2.24) is 4.90 Å². The molecule has 0 spiro atoms. The van der Waals surface area contributed by atoms with Crippen molar-refractivity contribution in [2.75, 3.05) is 18.8 Å². The molecular formula is C13H19NOS. The molecule has 16 heavy (non-hydrogen) atoms. The molecule has 2 aliphatic rings. The number of hydrogen-bond donors (Lipinski definition) is 0. The Hall–Kier alpha value is -0.620. The highest BCUT2D eigenvalue weighted by Gasteiger charge is 2.30. The molecule has 0 aromatic heterocycles. The predicted octanol–water partition coefficient (Wildman–Crippen LogP) is 2.14. The Bertz CT molecular complexity index is 287. The Morgan fingerprint density at radius 1 is 1.38 bits per heavy atom. The monoisotopic (exact) mass is 237 g/mol. The van der Waals surface area contributed by atoms with Crippen LogP contribution < -0.4 is 0 Å². The van der Waals surface area contributed by atoms with Crippen molar-refractivity contribution < 1.29 is 4.79 Å². The van der Waals surface area contributed by atoms with Crippen LogP contribution in [0.3, 0.4) is 0 Å². The summed E-state index contributed by atoms with van der Waals surface area (Å²) in [4.78, 5) is 14.2. The summed E-state index contributed by atoms with van der Waals surface area (Å²) >= 11 is 1.81. The van der Waals surface area contributed by atoms with Crippen molar-refractivity contribution in [3.05, 3.63) is 0 Å². The molecule has 1 amide bonds. The van der Waals surface area contributed by atoms with Crippen LogP contribution in [0.25, 0.3) is 0 Å². The van der Waals surface area contributed by atoms with Crippen molar-refractivity contribution in [2.45, 2.75) is 37.4 Å². The minimum Gasteiger partial charge on any atom is -0.330 e. The van der Waals surface area contributed by atoms with Crippen LogP contribution in [0.15, 0.2) is 0 Å². The third-order valence-corrected chi connectivity index (χ3v) is 4.59. The van der Waals surface area contributed by atoms with Gasteiger partial charge in [-0.15, -0.1) is 18.2 Å². The van der Waals surface area contributed by atoms with Gasteiger partial charge < -0.3 is 4.90 Å². The van der Waals surface area contributed by atoms with E-state index in [1.54, 1.807) is 0 Å². The van der Waals surface area contributed by atoms with Crippen LogP contribution in [0.4, 0.5) is 0 Å². The topological polar surface area (TPSA) is 20.3 Å². The lowest BCUT2D eigenvalue weighted by Crippen LogP contribution is -2.40. The fourth-order valence-corrected chi connectivity index (χ4v) is 3.37. The number of terminal acetylenes is 1. The molecule has 1 saturated carbocycles. The molecule has 1 atom stereocenters. The Kier molecular flexibility index (Phi) is 4.17. The lowest BCUT2D eigenvalue weighted by atomic mass is 10.1. The molecule has 1 saturated heterocycles. The summed E-state index contributed by atoms with van der Waals surface area (Å²) in [5.41, 5.74) is 0. The summed E-state index contributed by atoms with van der Waals surface area (Å²) < 4.78 is 0. The standard InChI is InChI=1S/C13H19NOS/c1-2-8-14(10-11-6-7-11)13(15)12-5-3-4-9-16-12/h1,11-12H,3-10H2. The largest absolute Gasteiger partial charge is 0.330 e. The van der Waals surface area contributed by atoms with Crippen LogP contribution >= 0.6 is 11.8 Å². The number of carbonyl (C=O) groups is 1. The van der Waals surface area contributed by atoms with E-state index in [0.29, 0.717) is 6.54 Å². The second-order valence-corrected chi connectivity index (χ2v) is 6.03. The molecule has 2 fully saturated rings. The molecule has 0 radical (unpaired) electrons. The zero-order valence-electron chi connectivity index (χ0n) is 9.65. The Balaban J connectivity index is 1.89. The first kappa shape index (κ1) is 11.9. The fraction of sp³-hybridized carbons (Fsp3) is 0.769. The summed E-state index contributed by atoms with van der Waals surface area (Å²) in [6.07, 6.45) is 11.4. The molecule has 3 heteroatoms. The number of amides is 1. The molecule has 1 unspecified atom stereocenters. The van der Waals surface area contributed by atoms with Crippen molar-refractivity contribution >= 4 is 17.7 Å². The first-order valence-corrected chi connectivity index (χ1v) is 7.20. The van der Waals surface area contributed by atoms with Crippen molar-refractivity contribution in [3.8, 4) is 12.3 Å². The molecule has 0 aromatic rings. The van der Waals surface area contributed by atoms with Gasteiger partial charge in [0.25, 0.3) is 0 Å². The number of hydrogen-bond acceptors (Lipinski definition) is 2. The molecular weight excluding hydrogens is 218 g/mol. The van der Waals surface area contributed by atoms with E-state index < -0.39 is 0 Å². The van der Waals surface area contributed by atoms with Crippen LogP contribution in [0.5, 0.6) is 0 Å². The number of carbonyl (C=O) groups excluding carboxylic acids is 1. The number of thioether (sulfide) groups is 1. The Labute approximate surface area is 102 Å². The number of rotatable bonds is 4. The van der Waals surface area contributed by atoms with Gasteiger partial charge in [-0.3, -0.25) is 4.79 Å². The minimum atomic E-state index is 0.181. The van der Waals surface area contributed by atoms with Gasteiger partial charge in [-0.05, 0) is 37.4 Å². The average Bonchev–Trinajstić information content (AvgIpc) is 3.13. The summed E-state index contributed by atoms with van der Waals surface area (Å²) in [7, 11) is 0. The van der Waals surface area contributed by atoms with Crippen LogP contribution in [-0.2, 0) is 4.79 Å². The molecule has 2 rings (SSSR count). The first-order chi connectivity index (χ1) is 7.81. The van der Waals surface area contributed by atoms with E-state index in [1.807, 2.05) is 16.7 Å². The van der Waals surface area contributed by atoms with Crippen molar-refractivity contribution in [2.24, 2.45) is 5.92 Å². The highest BCUT2D eigenvalue weighted by molar-refractivity contribution is 8.00. The molecule has 1 heterocycles. The summed E-state index contributed by atoms with van der Waals surface area (Å²) in [6, 6.07) is 0. The predicted molar refractivity (Wildman–Crippen MR) is 68.2 cm³/mol. The van der Waals surface area contributed by atoms with E-state index in [-0.39, 0.29) is 11.2 Å². The van der Waals surface area contributed by atoms with Crippen LogP contribution in [0.1, 0.15) is 32.1 Å². The minimum absolute atomic E-state index is 0.181. The van der Waals surface area contributed by atoms with E-state index in [4.69, 9.17) is 6.42 Å². The van der Waals surface area contributed by atoms with Gasteiger partial charge in [0.2, 0.25) is 5.91 Å². The Morgan fingerprint density at radius 2 is 2.19 bits per heavy atom. The third kappa shape index (κ3) is 3.18. The maximum atomic E-state index is 12.3. The second-order valence-electron chi connectivity index (χ2n) is 4.72. The normalized spacial score (nSPS) is 24.8. The van der Waals surface area contributed by atoms with Gasteiger partial charge >= 0.3 is 0 Å². The van der Waals surface area contributed by atoms with Crippen LogP contribution in [-0.4, -0.2) is 34.9 Å². The SMILES string of the molecule is C#CCN(CC1CC1)C(=O)C1CCCCS1. The van der Waals surface area contributed by atoms with Gasteiger partial charge in [0.1, 0.15) is 0 Å². The molecule has 2 nitrogen and oxygen atoms in total. The van der Waals surface area contributed by atoms with E-state index in [0.717, 1.165) is 24.6 Å². The maximum Gasteiger partial charge on any atom is 0.236 e. The van der Waals surface area contributed by atoms with Gasteiger partial charge in [0.15, 0.2) is 0 Å². The van der Waals surface area contributed by atoms with E-state index in [2.05, 4.69) is 5.92 Å². The van der Waals surface area contributed by atoms with Crippen LogP contribution in [0, 0.1) is 18.3 Å².